The fourth-order valence-corrected chi connectivity index (χ4v) is 7.48. The van der Waals surface area contributed by atoms with E-state index in [-0.39, 0.29) is 30.6 Å². The van der Waals surface area contributed by atoms with Crippen molar-refractivity contribution < 1.29 is 35.9 Å². The molecule has 2 aromatic carbocycles. The van der Waals surface area contributed by atoms with Crippen LogP contribution in [0, 0.1) is 0 Å². The van der Waals surface area contributed by atoms with Gasteiger partial charge in [0.1, 0.15) is 23.3 Å². The van der Waals surface area contributed by atoms with Crippen molar-refractivity contribution in [2.45, 2.75) is 56.5 Å². The standard InChI is InChI=1S/C35H42F3N5O5S/c1-34(43(4)49(6,45)46)26-11-8-7-10-23(26)21-31(34)48-29-12-9-13-32(39-22-27(29)35(36,37)38)40-28-20-24(14-15-30(28)47-5)33(44)42(3)25-16-18-41(2)19-17-25/h7-11,14-15,20,22,25,31H,13,16-19,21H2,1-6H3,(H,39,40). The molecule has 1 N–H and O–H groups in total. The molecule has 14 heteroatoms. The topological polar surface area (TPSA) is 104 Å². The van der Waals surface area contributed by atoms with Crippen LogP contribution in [-0.2, 0) is 26.7 Å². The predicted octanol–water partition coefficient (Wildman–Crippen LogP) is 5.31. The number of halogens is 3. The van der Waals surface area contributed by atoms with Gasteiger partial charge in [-0.1, -0.05) is 30.0 Å². The highest BCUT2D eigenvalue weighted by molar-refractivity contribution is 7.88. The summed E-state index contributed by atoms with van der Waals surface area (Å²) in [5, 5.41) is 3.05. The number of amidine groups is 1. The summed E-state index contributed by atoms with van der Waals surface area (Å²) in [5.74, 6) is -0.244. The van der Waals surface area contributed by atoms with Crippen molar-refractivity contribution in [3.63, 3.8) is 0 Å². The van der Waals surface area contributed by atoms with Gasteiger partial charge in [-0.25, -0.2) is 13.4 Å². The number of benzene rings is 2. The van der Waals surface area contributed by atoms with Gasteiger partial charge in [0, 0.05) is 44.7 Å². The Kier molecular flexibility index (Phi) is 10.4. The molecule has 3 aliphatic rings. The zero-order valence-corrected chi connectivity index (χ0v) is 29.3. The summed E-state index contributed by atoms with van der Waals surface area (Å²) in [6, 6.07) is 12.1. The molecule has 1 fully saturated rings. The van der Waals surface area contributed by atoms with Gasteiger partial charge < -0.3 is 24.6 Å². The molecule has 0 bridgehead atoms. The van der Waals surface area contributed by atoms with Gasteiger partial charge in [-0.3, -0.25) is 4.79 Å². The van der Waals surface area contributed by atoms with E-state index in [9.17, 15) is 26.4 Å². The highest BCUT2D eigenvalue weighted by atomic mass is 32.2. The van der Waals surface area contributed by atoms with Gasteiger partial charge in [0.2, 0.25) is 10.0 Å². The molecule has 2 aromatic rings. The third-order valence-electron chi connectivity index (χ3n) is 9.72. The van der Waals surface area contributed by atoms with Crippen molar-refractivity contribution in [1.29, 1.82) is 0 Å². The fraction of sp³-hybridized carbons (Fsp3) is 0.457. The molecule has 2 heterocycles. The van der Waals surface area contributed by atoms with Gasteiger partial charge in [0.15, 0.2) is 5.76 Å². The van der Waals surface area contributed by atoms with E-state index in [2.05, 4.69) is 28.0 Å². The lowest BCUT2D eigenvalue weighted by atomic mass is 9.92. The van der Waals surface area contributed by atoms with Crippen LogP contribution in [-0.4, -0.2) is 100 Å². The number of likely N-dealkylation sites (N-methyl/N-ethyl adjacent to an activating group) is 1. The minimum Gasteiger partial charge on any atom is -0.495 e. The average molecular weight is 702 g/mol. The lowest BCUT2D eigenvalue weighted by Crippen LogP contribution is -2.51. The number of hydrogen-bond acceptors (Lipinski definition) is 8. The molecule has 1 amide bonds. The van der Waals surface area contributed by atoms with Gasteiger partial charge >= 0.3 is 6.18 Å². The van der Waals surface area contributed by atoms with Gasteiger partial charge in [0.05, 0.1) is 24.6 Å². The first-order valence-corrected chi connectivity index (χ1v) is 17.8. The molecular weight excluding hydrogens is 659 g/mol. The Morgan fingerprint density at radius 1 is 1.14 bits per heavy atom. The van der Waals surface area contributed by atoms with Crippen LogP contribution in [0.25, 0.3) is 0 Å². The molecule has 264 valence electrons. The number of rotatable bonds is 8. The Morgan fingerprint density at radius 3 is 2.49 bits per heavy atom. The van der Waals surface area contributed by atoms with Crippen molar-refractivity contribution in [3.05, 3.63) is 88.5 Å². The number of aliphatic imine (C=N–C) groups is 1. The van der Waals surface area contributed by atoms with Crippen molar-refractivity contribution >= 4 is 27.5 Å². The summed E-state index contributed by atoms with van der Waals surface area (Å²) >= 11 is 0. The number of carbonyl (C=O) groups is 1. The number of nitrogens with zero attached hydrogens (tertiary/aromatic N) is 4. The third kappa shape index (κ3) is 7.57. The molecule has 49 heavy (non-hydrogen) atoms. The SMILES string of the molecule is COc1ccc(C(=O)N(C)C2CCN(C)CC2)cc1NC1=NC=C(C(F)(F)F)C(OC2Cc3ccccc3C2(C)N(C)S(C)(=O)=O)=C=CC1. The number of anilines is 1. The van der Waals surface area contributed by atoms with E-state index in [0.717, 1.165) is 42.1 Å². The number of nitrogens with one attached hydrogen (secondary N) is 1. The number of ether oxygens (including phenoxy) is 2. The number of likely N-dealkylation sites (tertiary alicyclic amines) is 1. The number of hydrogen-bond donors (Lipinski definition) is 1. The molecule has 2 atom stereocenters. The smallest absolute Gasteiger partial charge is 0.422 e. The van der Waals surface area contributed by atoms with Crippen molar-refractivity contribution in [1.82, 2.24) is 14.1 Å². The Labute approximate surface area is 285 Å². The minimum absolute atomic E-state index is 0.0384. The van der Waals surface area contributed by atoms with Gasteiger partial charge in [-0.05, 0) is 75.3 Å². The number of methoxy groups -OCH3 is 1. The molecule has 0 aromatic heterocycles. The highest BCUT2D eigenvalue weighted by Gasteiger charge is 2.52. The Balaban J connectivity index is 1.42. The lowest BCUT2D eigenvalue weighted by Gasteiger charge is -2.39. The van der Waals surface area contributed by atoms with E-state index in [1.807, 2.05) is 6.07 Å². The Morgan fingerprint density at radius 2 is 1.84 bits per heavy atom. The Hall–Kier alpha value is -4.10. The van der Waals surface area contributed by atoms with Crippen LogP contribution in [0.1, 0.15) is 47.7 Å². The first-order chi connectivity index (χ1) is 23.0. The molecule has 10 nitrogen and oxygen atoms in total. The van der Waals surface area contributed by atoms with E-state index in [4.69, 9.17) is 9.47 Å². The molecule has 0 saturated carbocycles. The summed E-state index contributed by atoms with van der Waals surface area (Å²) in [7, 11) is 2.91. The number of fused-ring (bicyclic) bond motifs is 1. The number of alkyl halides is 3. The van der Waals surface area contributed by atoms with E-state index in [1.54, 1.807) is 55.3 Å². The summed E-state index contributed by atoms with van der Waals surface area (Å²) in [4.78, 5) is 21.5. The molecule has 5 rings (SSSR count). The highest BCUT2D eigenvalue weighted by Crippen LogP contribution is 2.46. The monoisotopic (exact) mass is 701 g/mol. The maximum Gasteiger partial charge on any atom is 0.422 e. The van der Waals surface area contributed by atoms with E-state index in [1.165, 1.54) is 20.2 Å². The molecule has 0 radical (unpaired) electrons. The summed E-state index contributed by atoms with van der Waals surface area (Å²) in [6.07, 6.45) is -0.849. The van der Waals surface area contributed by atoms with Crippen LogP contribution in [0.5, 0.6) is 5.75 Å². The van der Waals surface area contributed by atoms with Crippen LogP contribution >= 0.6 is 0 Å². The van der Waals surface area contributed by atoms with E-state index >= 15 is 0 Å². The number of carbonyl (C=O) groups excluding carboxylic acids is 1. The van der Waals surface area contributed by atoms with Crippen molar-refractivity contribution in [3.8, 4) is 5.75 Å². The van der Waals surface area contributed by atoms with Crippen LogP contribution in [0.4, 0.5) is 18.9 Å². The van der Waals surface area contributed by atoms with Gasteiger partial charge in [-0.2, -0.15) is 17.5 Å². The van der Waals surface area contributed by atoms with Crippen molar-refractivity contribution in [2.24, 2.45) is 4.99 Å². The van der Waals surface area contributed by atoms with Crippen LogP contribution in [0.2, 0.25) is 0 Å². The van der Waals surface area contributed by atoms with Crippen molar-refractivity contribution in [2.75, 3.05) is 52.9 Å². The van der Waals surface area contributed by atoms with Crippen LogP contribution in [0.3, 0.4) is 0 Å². The number of piperidine rings is 1. The second-order valence-electron chi connectivity index (χ2n) is 12.8. The molecule has 2 unspecified atom stereocenters. The minimum atomic E-state index is -4.88. The second kappa shape index (κ2) is 14.0. The van der Waals surface area contributed by atoms with Crippen LogP contribution < -0.4 is 10.1 Å². The molecule has 0 spiro atoms. The average Bonchev–Trinajstić information content (AvgIpc) is 3.33. The molecular formula is C35H42F3N5O5S. The first-order valence-electron chi connectivity index (χ1n) is 15.9. The summed E-state index contributed by atoms with van der Waals surface area (Å²) in [6.45, 7) is 3.43. The van der Waals surface area contributed by atoms with E-state index in [0.29, 0.717) is 28.8 Å². The maximum atomic E-state index is 14.6. The maximum absolute atomic E-state index is 14.6. The molecule has 1 aliphatic carbocycles. The van der Waals surface area contributed by atoms with Crippen LogP contribution in [0.15, 0.2) is 76.8 Å². The number of sulfonamides is 1. The normalized spacial score (nSPS) is 22.0. The van der Waals surface area contributed by atoms with Gasteiger partial charge in [-0.15, -0.1) is 0 Å². The first kappa shape index (κ1) is 36.2. The zero-order valence-electron chi connectivity index (χ0n) is 28.5. The third-order valence-corrected chi connectivity index (χ3v) is 11.1. The zero-order chi connectivity index (χ0) is 35.7. The van der Waals surface area contributed by atoms with E-state index < -0.39 is 39.2 Å². The van der Waals surface area contributed by atoms with Gasteiger partial charge in [0.25, 0.3) is 5.91 Å². The molecule has 2 aliphatic heterocycles. The quantitative estimate of drug-likeness (QED) is 0.373. The predicted molar refractivity (Wildman–Crippen MR) is 182 cm³/mol. The molecule has 1 saturated heterocycles. The Bertz CT molecular complexity index is 1830. The number of amides is 1. The summed E-state index contributed by atoms with van der Waals surface area (Å²) < 4.78 is 81.8. The fourth-order valence-electron chi connectivity index (χ4n) is 6.58. The second-order valence-corrected chi connectivity index (χ2v) is 14.8. The lowest BCUT2D eigenvalue weighted by molar-refractivity contribution is -0.0980. The summed E-state index contributed by atoms with van der Waals surface area (Å²) in [5.41, 5.74) is 2.38. The largest absolute Gasteiger partial charge is 0.495 e.